The maximum absolute atomic E-state index is 15.4. The van der Waals surface area contributed by atoms with Crippen molar-refractivity contribution in [3.05, 3.63) is 71.8 Å². The van der Waals surface area contributed by atoms with Gasteiger partial charge in [0.05, 0.1) is 23.0 Å². The molecule has 4 aromatic heterocycles. The number of alkyl halides is 2. The number of hydrogen-bond donors (Lipinski definition) is 0. The average molecular weight is 409 g/mol. The number of hydrogen-bond acceptors (Lipinski definition) is 5. The summed E-state index contributed by atoms with van der Waals surface area (Å²) in [5.41, 5.74) is 1.55. The normalized spacial score (nSPS) is 12.2. The molecule has 0 fully saturated rings. The average Bonchev–Trinajstić information content (AvgIpc) is 3.33. The van der Waals surface area contributed by atoms with E-state index in [2.05, 4.69) is 25.4 Å². The van der Waals surface area contributed by atoms with Crippen molar-refractivity contribution in [1.29, 1.82) is 0 Å². The van der Waals surface area contributed by atoms with E-state index in [9.17, 15) is 4.39 Å². The van der Waals surface area contributed by atoms with Crippen LogP contribution in [0.2, 0.25) is 0 Å². The predicted octanol–water partition coefficient (Wildman–Crippen LogP) is 3.66. The van der Waals surface area contributed by atoms with Crippen LogP contribution in [0.25, 0.3) is 27.7 Å². The molecule has 0 radical (unpaired) electrons. The molecule has 7 nitrogen and oxygen atoms in total. The van der Waals surface area contributed by atoms with E-state index in [-0.39, 0.29) is 11.2 Å². The summed E-state index contributed by atoms with van der Waals surface area (Å²) in [5, 5.41) is 15.8. The molecule has 4 heterocycles. The highest BCUT2D eigenvalue weighted by Crippen LogP contribution is 2.38. The monoisotopic (exact) mass is 409 g/mol. The van der Waals surface area contributed by atoms with Gasteiger partial charge in [-0.05, 0) is 31.2 Å². The zero-order valence-corrected chi connectivity index (χ0v) is 15.9. The molecule has 10 heteroatoms. The van der Waals surface area contributed by atoms with E-state index in [4.69, 9.17) is 0 Å². The van der Waals surface area contributed by atoms with E-state index < -0.39 is 23.1 Å². The van der Waals surface area contributed by atoms with Crippen molar-refractivity contribution in [2.75, 3.05) is 0 Å². The lowest BCUT2D eigenvalue weighted by Crippen LogP contribution is -2.22. The van der Waals surface area contributed by atoms with Crippen LogP contribution in [0.5, 0.6) is 0 Å². The lowest BCUT2D eigenvalue weighted by molar-refractivity contribution is 0.0269. The summed E-state index contributed by atoms with van der Waals surface area (Å²) < 4.78 is 48.0. The van der Waals surface area contributed by atoms with E-state index in [1.165, 1.54) is 6.07 Å². The van der Waals surface area contributed by atoms with Gasteiger partial charge in [0, 0.05) is 42.0 Å². The Hall–Kier alpha value is -3.82. The number of nitrogens with zero attached hydrogens (tertiary/aromatic N) is 7. The fourth-order valence-corrected chi connectivity index (χ4v) is 3.32. The molecule has 0 saturated heterocycles. The summed E-state index contributed by atoms with van der Waals surface area (Å²) in [6, 6.07) is 6.91. The summed E-state index contributed by atoms with van der Waals surface area (Å²) in [4.78, 5) is 4.21. The molecule has 30 heavy (non-hydrogen) atoms. The van der Waals surface area contributed by atoms with Gasteiger partial charge in [0.2, 0.25) is 5.82 Å². The SMILES string of the molecule is Cc1ccc2nnc(C(F)(F)c3cc4cc(-c5cnn(C)c5)cnc4cc3F)n2n1. The van der Waals surface area contributed by atoms with Gasteiger partial charge in [-0.25, -0.2) is 4.39 Å². The van der Waals surface area contributed by atoms with Crippen LogP contribution in [0.3, 0.4) is 0 Å². The van der Waals surface area contributed by atoms with Crippen molar-refractivity contribution in [1.82, 2.24) is 34.6 Å². The van der Waals surface area contributed by atoms with Crippen LogP contribution >= 0.6 is 0 Å². The molecule has 0 aliphatic heterocycles. The van der Waals surface area contributed by atoms with Crippen molar-refractivity contribution < 1.29 is 13.2 Å². The Morgan fingerprint density at radius 3 is 2.60 bits per heavy atom. The second kappa shape index (κ2) is 6.34. The molecule has 5 rings (SSSR count). The maximum Gasteiger partial charge on any atom is 0.336 e. The molecular formula is C20H14F3N7. The minimum absolute atomic E-state index is 0.150. The summed E-state index contributed by atoms with van der Waals surface area (Å²) in [7, 11) is 1.77. The maximum atomic E-state index is 15.4. The van der Waals surface area contributed by atoms with Gasteiger partial charge in [-0.2, -0.15) is 23.5 Å². The lowest BCUT2D eigenvalue weighted by atomic mass is 10.0. The molecule has 0 aliphatic rings. The van der Waals surface area contributed by atoms with Crippen LogP contribution in [0.4, 0.5) is 13.2 Å². The fourth-order valence-electron chi connectivity index (χ4n) is 3.32. The second-order valence-electron chi connectivity index (χ2n) is 6.99. The molecule has 1 aromatic carbocycles. The third-order valence-corrected chi connectivity index (χ3v) is 4.82. The first-order valence-electron chi connectivity index (χ1n) is 8.99. The predicted molar refractivity (Wildman–Crippen MR) is 102 cm³/mol. The number of aryl methyl sites for hydroxylation is 2. The minimum atomic E-state index is -3.76. The van der Waals surface area contributed by atoms with Crippen molar-refractivity contribution in [2.24, 2.45) is 7.05 Å². The zero-order valence-electron chi connectivity index (χ0n) is 15.9. The summed E-state index contributed by atoms with van der Waals surface area (Å²) in [6.07, 6.45) is 4.96. The Morgan fingerprint density at radius 1 is 1.00 bits per heavy atom. The van der Waals surface area contributed by atoms with Crippen LogP contribution in [-0.4, -0.2) is 34.6 Å². The molecule has 0 amide bonds. The van der Waals surface area contributed by atoms with Crippen LogP contribution < -0.4 is 0 Å². The smallest absolute Gasteiger partial charge is 0.275 e. The number of halogens is 3. The van der Waals surface area contributed by atoms with Crippen LogP contribution in [-0.2, 0) is 13.0 Å². The number of benzene rings is 1. The Labute approximate surface area is 167 Å². The Morgan fingerprint density at radius 2 is 1.83 bits per heavy atom. The van der Waals surface area contributed by atoms with Gasteiger partial charge < -0.3 is 0 Å². The highest BCUT2D eigenvalue weighted by molar-refractivity contribution is 5.84. The first kappa shape index (κ1) is 18.2. The third kappa shape index (κ3) is 2.79. The van der Waals surface area contributed by atoms with E-state index in [0.29, 0.717) is 16.6 Å². The summed E-state index contributed by atoms with van der Waals surface area (Å²) in [6.45, 7) is 1.66. The van der Waals surface area contributed by atoms with E-state index in [1.54, 1.807) is 49.4 Å². The Balaban J connectivity index is 1.68. The molecule has 150 valence electrons. The van der Waals surface area contributed by atoms with Gasteiger partial charge in [0.1, 0.15) is 5.82 Å². The summed E-state index contributed by atoms with van der Waals surface area (Å²) in [5.74, 6) is -5.60. The van der Waals surface area contributed by atoms with Gasteiger partial charge in [-0.1, -0.05) is 0 Å². The molecule has 0 bridgehead atoms. The van der Waals surface area contributed by atoms with Gasteiger partial charge in [0.15, 0.2) is 5.65 Å². The molecule has 0 spiro atoms. The van der Waals surface area contributed by atoms with Crippen LogP contribution in [0.15, 0.2) is 48.9 Å². The summed E-state index contributed by atoms with van der Waals surface area (Å²) >= 11 is 0. The number of fused-ring (bicyclic) bond motifs is 2. The van der Waals surface area contributed by atoms with Gasteiger partial charge >= 0.3 is 5.92 Å². The Kier molecular flexibility index (Phi) is 3.85. The third-order valence-electron chi connectivity index (χ3n) is 4.82. The molecule has 0 unspecified atom stereocenters. The highest BCUT2D eigenvalue weighted by Gasteiger charge is 2.42. The van der Waals surface area contributed by atoms with Crippen molar-refractivity contribution in [3.63, 3.8) is 0 Å². The van der Waals surface area contributed by atoms with Crippen molar-refractivity contribution >= 4 is 16.6 Å². The standard InChI is InChI=1S/C20H14F3N7/c1-11-3-4-18-26-27-19(30(18)28-11)20(22,23)15-6-12-5-13(14-9-25-29(2)10-14)8-24-17(12)7-16(15)21/h3-10H,1-2H3. The van der Waals surface area contributed by atoms with Crippen LogP contribution in [0, 0.1) is 12.7 Å². The molecule has 0 saturated carbocycles. The van der Waals surface area contributed by atoms with E-state index in [0.717, 1.165) is 22.2 Å². The first-order chi connectivity index (χ1) is 14.3. The van der Waals surface area contributed by atoms with Crippen molar-refractivity contribution in [2.45, 2.75) is 12.8 Å². The second-order valence-corrected chi connectivity index (χ2v) is 6.99. The lowest BCUT2D eigenvalue weighted by Gasteiger charge is -2.16. The molecule has 0 N–H and O–H groups in total. The molecule has 0 atom stereocenters. The van der Waals surface area contributed by atoms with Gasteiger partial charge in [0.25, 0.3) is 0 Å². The molecular weight excluding hydrogens is 395 g/mol. The van der Waals surface area contributed by atoms with Gasteiger partial charge in [-0.15, -0.1) is 10.2 Å². The first-order valence-corrected chi connectivity index (χ1v) is 8.99. The topological polar surface area (TPSA) is 73.8 Å². The number of aromatic nitrogens is 7. The van der Waals surface area contributed by atoms with E-state index >= 15 is 8.78 Å². The molecule has 5 aromatic rings. The largest absolute Gasteiger partial charge is 0.336 e. The highest BCUT2D eigenvalue weighted by atomic mass is 19.3. The van der Waals surface area contributed by atoms with Crippen LogP contribution in [0.1, 0.15) is 17.1 Å². The van der Waals surface area contributed by atoms with Gasteiger partial charge in [-0.3, -0.25) is 9.67 Å². The Bertz CT molecular complexity index is 1420. The fraction of sp³-hybridized carbons (Fsp3) is 0.150. The molecule has 0 aliphatic carbocycles. The zero-order chi connectivity index (χ0) is 21.0. The quantitative estimate of drug-likeness (QED) is 0.455. The number of rotatable bonds is 3. The number of pyridine rings is 1. The van der Waals surface area contributed by atoms with E-state index in [1.807, 2.05) is 0 Å². The van der Waals surface area contributed by atoms with Crippen molar-refractivity contribution in [3.8, 4) is 11.1 Å². The minimum Gasteiger partial charge on any atom is -0.275 e.